The first kappa shape index (κ1) is 12.5. The smallest absolute Gasteiger partial charge is 0.271 e. The van der Waals surface area contributed by atoms with Crippen molar-refractivity contribution in [3.63, 3.8) is 0 Å². The van der Waals surface area contributed by atoms with Crippen LogP contribution in [0.4, 0.5) is 5.82 Å². The molecule has 0 radical (unpaired) electrons. The Morgan fingerprint density at radius 1 is 1.44 bits per heavy atom. The maximum Gasteiger partial charge on any atom is 0.271 e. The number of hydrogen-bond acceptors (Lipinski definition) is 6. The van der Waals surface area contributed by atoms with Gasteiger partial charge in [0.05, 0.1) is 12.4 Å². The second kappa shape index (κ2) is 6.08. The number of nitrogens with one attached hydrogen (secondary N) is 2. The molecule has 94 valence electrons. The zero-order chi connectivity index (χ0) is 12.8. The lowest BCUT2D eigenvalue weighted by molar-refractivity contribution is 0.0949. The van der Waals surface area contributed by atoms with Gasteiger partial charge in [-0.2, -0.15) is 11.3 Å². The number of hydrogen-bond donors (Lipinski definition) is 3. The van der Waals surface area contributed by atoms with Gasteiger partial charge < -0.3 is 10.7 Å². The van der Waals surface area contributed by atoms with E-state index in [1.807, 2.05) is 11.4 Å². The van der Waals surface area contributed by atoms with Gasteiger partial charge in [-0.1, -0.05) is 0 Å². The molecule has 2 heterocycles. The van der Waals surface area contributed by atoms with E-state index in [1.54, 1.807) is 11.3 Å². The molecule has 0 saturated carbocycles. The average Bonchev–Trinajstić information content (AvgIpc) is 2.92. The predicted molar refractivity (Wildman–Crippen MR) is 70.2 cm³/mol. The molecule has 2 aromatic rings. The van der Waals surface area contributed by atoms with Crippen LogP contribution in [0.25, 0.3) is 0 Å². The summed E-state index contributed by atoms with van der Waals surface area (Å²) in [6.45, 7) is 0.567. The van der Waals surface area contributed by atoms with Crippen LogP contribution in [-0.4, -0.2) is 22.4 Å². The van der Waals surface area contributed by atoms with E-state index in [2.05, 4.69) is 26.1 Å². The van der Waals surface area contributed by atoms with Crippen molar-refractivity contribution in [1.82, 2.24) is 15.3 Å². The van der Waals surface area contributed by atoms with Crippen LogP contribution in [0.1, 0.15) is 16.1 Å². The number of nitrogen functional groups attached to an aromatic ring is 1. The van der Waals surface area contributed by atoms with Gasteiger partial charge in [-0.25, -0.2) is 10.8 Å². The van der Waals surface area contributed by atoms with Crippen molar-refractivity contribution >= 4 is 23.1 Å². The van der Waals surface area contributed by atoms with Crippen LogP contribution in [0.2, 0.25) is 0 Å². The lowest BCUT2D eigenvalue weighted by atomic mass is 10.2. The van der Waals surface area contributed by atoms with Crippen molar-refractivity contribution in [2.45, 2.75) is 6.42 Å². The van der Waals surface area contributed by atoms with Crippen molar-refractivity contribution in [3.8, 4) is 0 Å². The Labute approximate surface area is 108 Å². The predicted octanol–water partition coefficient (Wildman–Crippen LogP) is 0.796. The molecule has 0 aliphatic rings. The number of nitrogens with zero attached hydrogens (tertiary/aromatic N) is 2. The second-order valence-corrected chi connectivity index (χ2v) is 4.35. The highest BCUT2D eigenvalue weighted by molar-refractivity contribution is 7.07. The first-order chi connectivity index (χ1) is 8.79. The molecule has 7 heteroatoms. The Kier molecular flexibility index (Phi) is 4.21. The molecule has 0 fully saturated rings. The molecule has 0 unspecified atom stereocenters. The topological polar surface area (TPSA) is 92.9 Å². The Morgan fingerprint density at radius 3 is 3.06 bits per heavy atom. The van der Waals surface area contributed by atoms with Gasteiger partial charge >= 0.3 is 0 Å². The lowest BCUT2D eigenvalue weighted by Crippen LogP contribution is -2.27. The first-order valence-corrected chi connectivity index (χ1v) is 6.32. The van der Waals surface area contributed by atoms with E-state index in [0.29, 0.717) is 12.4 Å². The van der Waals surface area contributed by atoms with Crippen molar-refractivity contribution < 1.29 is 4.79 Å². The largest absolute Gasteiger partial charge is 0.350 e. The lowest BCUT2D eigenvalue weighted by Gasteiger charge is -2.04. The van der Waals surface area contributed by atoms with Crippen LogP contribution in [0.3, 0.4) is 0 Å². The van der Waals surface area contributed by atoms with E-state index in [9.17, 15) is 4.79 Å². The Balaban J connectivity index is 1.87. The number of carbonyl (C=O) groups is 1. The Bertz CT molecular complexity index is 514. The molecular weight excluding hydrogens is 250 g/mol. The van der Waals surface area contributed by atoms with Crippen LogP contribution < -0.4 is 16.6 Å². The van der Waals surface area contributed by atoms with E-state index in [-0.39, 0.29) is 11.6 Å². The van der Waals surface area contributed by atoms with Gasteiger partial charge in [0.2, 0.25) is 0 Å². The molecule has 1 amide bonds. The van der Waals surface area contributed by atoms with E-state index >= 15 is 0 Å². The van der Waals surface area contributed by atoms with E-state index in [1.165, 1.54) is 18.0 Å². The van der Waals surface area contributed by atoms with Crippen LogP contribution in [0.15, 0.2) is 29.2 Å². The van der Waals surface area contributed by atoms with Crippen LogP contribution in [-0.2, 0) is 6.42 Å². The number of aromatic nitrogens is 2. The molecule has 0 saturated heterocycles. The van der Waals surface area contributed by atoms with Crippen LogP contribution >= 0.6 is 11.3 Å². The van der Waals surface area contributed by atoms with Gasteiger partial charge in [0.25, 0.3) is 5.91 Å². The number of amides is 1. The number of nitrogens with two attached hydrogens (primary N) is 1. The molecular formula is C11H13N5OS. The number of thiophene rings is 1. The van der Waals surface area contributed by atoms with Gasteiger partial charge in [0, 0.05) is 6.54 Å². The summed E-state index contributed by atoms with van der Waals surface area (Å²) >= 11 is 1.64. The maximum atomic E-state index is 11.8. The van der Waals surface area contributed by atoms with Gasteiger partial charge in [-0.15, -0.1) is 0 Å². The molecule has 2 aromatic heterocycles. The molecule has 0 aliphatic heterocycles. The highest BCUT2D eigenvalue weighted by Crippen LogP contribution is 2.06. The zero-order valence-corrected chi connectivity index (χ0v) is 10.4. The Morgan fingerprint density at radius 2 is 2.33 bits per heavy atom. The summed E-state index contributed by atoms with van der Waals surface area (Å²) in [7, 11) is 0. The van der Waals surface area contributed by atoms with Crippen molar-refractivity contribution in [1.29, 1.82) is 0 Å². The summed E-state index contributed by atoms with van der Waals surface area (Å²) in [5.41, 5.74) is 3.81. The summed E-state index contributed by atoms with van der Waals surface area (Å²) < 4.78 is 0. The fourth-order valence-electron chi connectivity index (χ4n) is 1.39. The van der Waals surface area contributed by atoms with Crippen LogP contribution in [0, 0.1) is 0 Å². The number of hydrazine groups is 1. The quantitative estimate of drug-likeness (QED) is 0.548. The summed E-state index contributed by atoms with van der Waals surface area (Å²) in [6, 6.07) is 2.04. The summed E-state index contributed by atoms with van der Waals surface area (Å²) in [4.78, 5) is 19.6. The number of carbonyl (C=O) groups excluding carboxylic acids is 1. The monoisotopic (exact) mass is 263 g/mol. The van der Waals surface area contributed by atoms with E-state index in [0.717, 1.165) is 6.42 Å². The van der Waals surface area contributed by atoms with Gasteiger partial charge in [0.1, 0.15) is 5.69 Å². The van der Waals surface area contributed by atoms with Crippen molar-refractivity contribution in [2.75, 3.05) is 12.0 Å². The zero-order valence-electron chi connectivity index (χ0n) is 9.59. The average molecular weight is 263 g/mol. The van der Waals surface area contributed by atoms with Gasteiger partial charge in [0.15, 0.2) is 5.82 Å². The fraction of sp³-hybridized carbons (Fsp3) is 0.182. The molecule has 0 atom stereocenters. The number of rotatable bonds is 5. The standard InChI is InChI=1S/C11H13N5OS/c12-16-10-6-13-5-9(15-10)11(17)14-3-1-8-2-4-18-7-8/h2,4-7H,1,3,12H2,(H,14,17)(H,15,16). The van der Waals surface area contributed by atoms with Crippen LogP contribution in [0.5, 0.6) is 0 Å². The minimum Gasteiger partial charge on any atom is -0.350 e. The second-order valence-electron chi connectivity index (χ2n) is 3.57. The molecule has 0 spiro atoms. The summed E-state index contributed by atoms with van der Waals surface area (Å²) in [6.07, 6.45) is 3.65. The summed E-state index contributed by atoms with van der Waals surface area (Å²) in [5, 5.41) is 6.86. The molecule has 0 aliphatic carbocycles. The normalized spacial score (nSPS) is 10.1. The summed E-state index contributed by atoms with van der Waals surface area (Å²) in [5.74, 6) is 5.31. The first-order valence-electron chi connectivity index (χ1n) is 5.37. The van der Waals surface area contributed by atoms with E-state index in [4.69, 9.17) is 5.84 Å². The third-order valence-corrected chi connectivity index (χ3v) is 3.03. The highest BCUT2D eigenvalue weighted by atomic mass is 32.1. The molecule has 0 bridgehead atoms. The maximum absolute atomic E-state index is 11.8. The molecule has 18 heavy (non-hydrogen) atoms. The molecule has 6 nitrogen and oxygen atoms in total. The van der Waals surface area contributed by atoms with Gasteiger partial charge in [-0.05, 0) is 28.8 Å². The molecule has 4 N–H and O–H groups in total. The minimum atomic E-state index is -0.255. The third-order valence-electron chi connectivity index (χ3n) is 2.29. The highest BCUT2D eigenvalue weighted by Gasteiger charge is 2.07. The third kappa shape index (κ3) is 3.25. The van der Waals surface area contributed by atoms with Crippen molar-refractivity contribution in [2.24, 2.45) is 5.84 Å². The molecule has 2 rings (SSSR count). The van der Waals surface area contributed by atoms with E-state index < -0.39 is 0 Å². The SMILES string of the molecule is NNc1cncc(C(=O)NCCc2ccsc2)n1. The fourth-order valence-corrected chi connectivity index (χ4v) is 2.09. The van der Waals surface area contributed by atoms with Crippen molar-refractivity contribution in [3.05, 3.63) is 40.5 Å². The number of anilines is 1. The Hall–Kier alpha value is -1.99. The van der Waals surface area contributed by atoms with Gasteiger partial charge in [-0.3, -0.25) is 9.78 Å². The minimum absolute atomic E-state index is 0.246. The molecule has 0 aromatic carbocycles.